The van der Waals surface area contributed by atoms with Gasteiger partial charge in [-0.05, 0) is 23.8 Å². The molecule has 1 N–H and O–H groups in total. The molecule has 1 saturated heterocycles. The van der Waals surface area contributed by atoms with E-state index in [9.17, 15) is 15.1 Å². The number of rotatable bonds is 2. The highest BCUT2D eigenvalue weighted by Gasteiger charge is 2.55. The molecule has 2 bridgehead atoms. The predicted molar refractivity (Wildman–Crippen MR) is 91.0 cm³/mol. The number of ether oxygens (including phenoxy) is 2. The van der Waals surface area contributed by atoms with E-state index >= 15 is 0 Å². The minimum Gasteiger partial charge on any atom is -0.633 e. The summed E-state index contributed by atoms with van der Waals surface area (Å²) >= 11 is 0. The number of hydrogen-bond donors (Lipinski definition) is 1. The van der Waals surface area contributed by atoms with Gasteiger partial charge in [-0.15, -0.1) is 0 Å². The summed E-state index contributed by atoms with van der Waals surface area (Å²) in [5.41, 5.74) is 1.73. The van der Waals surface area contributed by atoms with Crippen LogP contribution in [0.1, 0.15) is 17.5 Å². The average molecular weight is 343 g/mol. The molecule has 1 aliphatic heterocycles. The standard InChI is InChI=1S/C19H21NO5/c1-20(23)7-6-19-10-16(25-3)14(21)9-12(19)13(20)8-11-4-5-15(24-2)18(22)17(11)19/h4-5,9-10,13,22H,6-8H2,1-3H3/t13-,19+,20?/m0/s1. The molecule has 6 nitrogen and oxygen atoms in total. The molecule has 1 heterocycles. The molecule has 2 aliphatic carbocycles. The number of piperidine rings is 1. The minimum atomic E-state index is -0.696. The molecule has 1 aromatic carbocycles. The summed E-state index contributed by atoms with van der Waals surface area (Å²) in [6, 6.07) is 3.29. The number of allylic oxidation sites excluding steroid dienone is 2. The molecule has 3 atom stereocenters. The zero-order valence-corrected chi connectivity index (χ0v) is 14.5. The topological polar surface area (TPSA) is 78.8 Å². The quantitative estimate of drug-likeness (QED) is 0.656. The van der Waals surface area contributed by atoms with Gasteiger partial charge < -0.3 is 24.4 Å². The molecular weight excluding hydrogens is 322 g/mol. The number of fused-ring (bicyclic) bond motifs is 1. The van der Waals surface area contributed by atoms with Gasteiger partial charge in [0.1, 0.15) is 6.04 Å². The Bertz CT molecular complexity index is 838. The fourth-order valence-corrected chi connectivity index (χ4v) is 4.64. The zero-order chi connectivity index (χ0) is 18.0. The van der Waals surface area contributed by atoms with Crippen molar-refractivity contribution < 1.29 is 24.0 Å². The minimum absolute atomic E-state index is 0.0763. The maximum atomic E-state index is 13.0. The lowest BCUT2D eigenvalue weighted by molar-refractivity contribution is -0.886. The highest BCUT2D eigenvalue weighted by molar-refractivity contribution is 6.05. The third-order valence-electron chi connectivity index (χ3n) is 5.92. The third-order valence-corrected chi connectivity index (χ3v) is 5.92. The molecule has 0 aromatic heterocycles. The number of aromatic hydroxyl groups is 1. The molecule has 132 valence electrons. The lowest BCUT2D eigenvalue weighted by Gasteiger charge is -2.58. The van der Waals surface area contributed by atoms with E-state index in [-0.39, 0.29) is 23.3 Å². The number of nitrogens with zero attached hydrogens (tertiary/aromatic N) is 1. The highest BCUT2D eigenvalue weighted by Crippen LogP contribution is 2.56. The van der Waals surface area contributed by atoms with Crippen LogP contribution in [0.4, 0.5) is 0 Å². The Morgan fingerprint density at radius 3 is 2.76 bits per heavy atom. The second kappa shape index (κ2) is 5.09. The molecule has 3 aliphatic rings. The molecule has 4 rings (SSSR count). The van der Waals surface area contributed by atoms with Crippen LogP contribution in [0.5, 0.6) is 11.5 Å². The van der Waals surface area contributed by atoms with Crippen LogP contribution in [0, 0.1) is 5.21 Å². The first-order chi connectivity index (χ1) is 11.8. The van der Waals surface area contributed by atoms with Crippen LogP contribution >= 0.6 is 0 Å². The summed E-state index contributed by atoms with van der Waals surface area (Å²) in [6.45, 7) is 0.403. The second-order valence-electron chi connectivity index (χ2n) is 7.17. The SMILES string of the molecule is COC1=C[C@@]23CC[N+](C)([O-])[C@@H](Cc4ccc(OC)c(O)c42)C3=CC1=O. The first-order valence-electron chi connectivity index (χ1n) is 8.33. The van der Waals surface area contributed by atoms with Gasteiger partial charge in [-0.25, -0.2) is 0 Å². The molecule has 0 saturated carbocycles. The van der Waals surface area contributed by atoms with Crippen LogP contribution < -0.4 is 4.74 Å². The highest BCUT2D eigenvalue weighted by atomic mass is 16.5. The maximum Gasteiger partial charge on any atom is 0.220 e. The molecule has 6 heteroatoms. The Kier molecular flexibility index (Phi) is 3.30. The molecule has 1 fully saturated rings. The Morgan fingerprint density at radius 2 is 2.08 bits per heavy atom. The summed E-state index contributed by atoms with van der Waals surface area (Å²) in [6.07, 6.45) is 4.32. The maximum absolute atomic E-state index is 13.0. The summed E-state index contributed by atoms with van der Waals surface area (Å²) in [7, 11) is 4.63. The summed E-state index contributed by atoms with van der Waals surface area (Å²) in [4.78, 5) is 12.4. The van der Waals surface area contributed by atoms with E-state index in [1.165, 1.54) is 14.2 Å². The van der Waals surface area contributed by atoms with Crippen molar-refractivity contribution in [3.8, 4) is 11.5 Å². The van der Waals surface area contributed by atoms with E-state index in [1.54, 1.807) is 25.3 Å². The lowest BCUT2D eigenvalue weighted by atomic mass is 9.58. The second-order valence-corrected chi connectivity index (χ2v) is 7.17. The molecule has 1 unspecified atom stereocenters. The molecule has 1 aromatic rings. The van der Waals surface area contributed by atoms with E-state index in [4.69, 9.17) is 9.47 Å². The number of carbonyl (C=O) groups is 1. The van der Waals surface area contributed by atoms with Gasteiger partial charge in [-0.2, -0.15) is 0 Å². The van der Waals surface area contributed by atoms with Gasteiger partial charge in [0.25, 0.3) is 0 Å². The van der Waals surface area contributed by atoms with E-state index in [0.717, 1.165) is 16.7 Å². The van der Waals surface area contributed by atoms with Gasteiger partial charge in [-0.3, -0.25) is 4.79 Å². The summed E-state index contributed by atoms with van der Waals surface area (Å²) in [5, 5.41) is 23.9. The van der Waals surface area contributed by atoms with Crippen LogP contribution in [0.2, 0.25) is 0 Å². The van der Waals surface area contributed by atoms with Crippen LogP contribution in [-0.4, -0.2) is 49.4 Å². The molecule has 0 spiro atoms. The van der Waals surface area contributed by atoms with Gasteiger partial charge in [0.05, 0.1) is 33.2 Å². The van der Waals surface area contributed by atoms with Crippen LogP contribution in [-0.2, 0) is 21.4 Å². The number of benzene rings is 1. The molecular formula is C19H21NO5. The van der Waals surface area contributed by atoms with Crippen molar-refractivity contribution >= 4 is 5.78 Å². The van der Waals surface area contributed by atoms with Crippen molar-refractivity contribution in [2.24, 2.45) is 0 Å². The van der Waals surface area contributed by atoms with Crippen molar-refractivity contribution in [3.05, 3.63) is 52.0 Å². The van der Waals surface area contributed by atoms with Crippen LogP contribution in [0.25, 0.3) is 0 Å². The summed E-state index contributed by atoms with van der Waals surface area (Å²) < 4.78 is 10.1. The van der Waals surface area contributed by atoms with E-state index < -0.39 is 10.1 Å². The van der Waals surface area contributed by atoms with Crippen molar-refractivity contribution in [3.63, 3.8) is 0 Å². The van der Waals surface area contributed by atoms with Gasteiger partial charge in [-0.1, -0.05) is 6.07 Å². The van der Waals surface area contributed by atoms with Gasteiger partial charge in [0.15, 0.2) is 17.3 Å². The average Bonchev–Trinajstić information content (AvgIpc) is 2.58. The fraction of sp³-hybridized carbons (Fsp3) is 0.421. The number of hydroxylamine groups is 3. The molecule has 0 radical (unpaired) electrons. The number of likely N-dealkylation sites (tertiary alicyclic amines) is 1. The Labute approximate surface area is 146 Å². The van der Waals surface area contributed by atoms with Crippen molar-refractivity contribution in [1.29, 1.82) is 0 Å². The Morgan fingerprint density at radius 1 is 1.32 bits per heavy atom. The number of quaternary nitrogens is 1. The van der Waals surface area contributed by atoms with Crippen LogP contribution in [0.15, 0.2) is 35.6 Å². The van der Waals surface area contributed by atoms with E-state index in [1.807, 2.05) is 6.07 Å². The van der Waals surface area contributed by atoms with Gasteiger partial charge in [0.2, 0.25) is 5.78 Å². The summed E-state index contributed by atoms with van der Waals surface area (Å²) in [5.74, 6) is 0.484. The normalized spacial score (nSPS) is 33.0. The largest absolute Gasteiger partial charge is 0.633 e. The Balaban J connectivity index is 2.05. The fourth-order valence-electron chi connectivity index (χ4n) is 4.64. The van der Waals surface area contributed by atoms with Crippen molar-refractivity contribution in [1.82, 2.24) is 0 Å². The lowest BCUT2D eigenvalue weighted by Crippen LogP contribution is -2.61. The molecule has 25 heavy (non-hydrogen) atoms. The molecule has 0 amide bonds. The first kappa shape index (κ1) is 16.2. The first-order valence-corrected chi connectivity index (χ1v) is 8.33. The zero-order valence-electron chi connectivity index (χ0n) is 14.5. The van der Waals surface area contributed by atoms with Crippen LogP contribution in [0.3, 0.4) is 0 Å². The van der Waals surface area contributed by atoms with Gasteiger partial charge >= 0.3 is 0 Å². The third kappa shape index (κ3) is 2.01. The Hall–Kier alpha value is -2.31. The van der Waals surface area contributed by atoms with Crippen molar-refractivity contribution in [2.75, 3.05) is 27.8 Å². The monoisotopic (exact) mass is 343 g/mol. The smallest absolute Gasteiger partial charge is 0.220 e. The number of likely N-dealkylation sites (N-methyl/N-ethyl adjacent to an activating group) is 1. The predicted octanol–water partition coefficient (Wildman–Crippen LogP) is 1.95. The van der Waals surface area contributed by atoms with E-state index in [0.29, 0.717) is 25.1 Å². The number of phenols is 1. The number of phenolic OH excluding ortho intramolecular Hbond substituents is 1. The number of hydrogen-bond acceptors (Lipinski definition) is 5. The number of ketones is 1. The number of carbonyl (C=O) groups excluding carboxylic acids is 1. The van der Waals surface area contributed by atoms with Crippen molar-refractivity contribution in [2.45, 2.75) is 24.3 Å². The van der Waals surface area contributed by atoms with E-state index in [2.05, 4.69) is 0 Å². The number of methoxy groups -OCH3 is 2. The van der Waals surface area contributed by atoms with Gasteiger partial charge in [0, 0.05) is 24.0 Å².